The number of H-pyrrole nitrogens is 1. The number of thioether (sulfide) groups is 1. The molecule has 1 N–H and O–H groups in total. The molecule has 1 unspecified atom stereocenters. The van der Waals surface area contributed by atoms with Gasteiger partial charge < -0.3 is 9.55 Å². The maximum Gasteiger partial charge on any atom is 0.178 e. The van der Waals surface area contributed by atoms with Crippen LogP contribution >= 0.6 is 46.6 Å². The van der Waals surface area contributed by atoms with Crippen molar-refractivity contribution in [1.82, 2.24) is 9.55 Å². The average molecular weight is 410 g/mol. The predicted octanol–water partition coefficient (Wildman–Crippen LogP) is 5.15. The van der Waals surface area contributed by atoms with Crippen LogP contribution in [0.2, 0.25) is 0 Å². The zero-order chi connectivity index (χ0) is 14.0. The molecule has 1 atom stereocenters. The maximum atomic E-state index is 13.7. The van der Waals surface area contributed by atoms with Crippen molar-refractivity contribution in [2.45, 2.75) is 26.3 Å². The van der Waals surface area contributed by atoms with Crippen LogP contribution in [0, 0.1) is 14.2 Å². The fraction of sp³-hybridized carbons (Fsp3) is 0.462. The first-order valence-corrected chi connectivity index (χ1v) is 8.85. The Bertz CT molecular complexity index is 635. The second-order valence-electron chi connectivity index (χ2n) is 4.42. The lowest BCUT2D eigenvalue weighted by atomic mass is 10.2. The Balaban J connectivity index is 2.39. The fourth-order valence-corrected chi connectivity index (χ4v) is 3.74. The Labute approximate surface area is 135 Å². The molecule has 0 aliphatic rings. The monoisotopic (exact) mass is 410 g/mol. The minimum Gasteiger partial charge on any atom is -0.331 e. The van der Waals surface area contributed by atoms with Crippen molar-refractivity contribution < 1.29 is 4.39 Å². The molecule has 2 nitrogen and oxygen atoms in total. The second-order valence-corrected chi connectivity index (χ2v) is 7.36. The number of hydrogen-bond acceptors (Lipinski definition) is 2. The van der Waals surface area contributed by atoms with Gasteiger partial charge in [-0.3, -0.25) is 0 Å². The highest BCUT2D eigenvalue weighted by molar-refractivity contribution is 14.1. The topological polar surface area (TPSA) is 20.7 Å². The Morgan fingerprint density at radius 2 is 2.26 bits per heavy atom. The highest BCUT2D eigenvalue weighted by Crippen LogP contribution is 2.25. The third-order valence-electron chi connectivity index (χ3n) is 3.08. The fourth-order valence-electron chi connectivity index (χ4n) is 2.09. The van der Waals surface area contributed by atoms with Gasteiger partial charge in [0.05, 0.1) is 14.6 Å². The summed E-state index contributed by atoms with van der Waals surface area (Å²) < 4.78 is 17.0. The summed E-state index contributed by atoms with van der Waals surface area (Å²) in [5, 5.41) is 0. The number of nitrogens with zero attached hydrogens (tertiary/aromatic N) is 1. The lowest BCUT2D eigenvalue weighted by Gasteiger charge is -2.14. The normalized spacial score (nSPS) is 13.1. The molecule has 104 valence electrons. The van der Waals surface area contributed by atoms with Crippen LogP contribution in [0.1, 0.15) is 26.3 Å². The number of aromatic amines is 1. The van der Waals surface area contributed by atoms with Crippen molar-refractivity contribution in [1.29, 1.82) is 0 Å². The van der Waals surface area contributed by atoms with Gasteiger partial charge in [-0.05, 0) is 65.7 Å². The van der Waals surface area contributed by atoms with Crippen LogP contribution in [-0.2, 0) is 0 Å². The molecule has 0 amide bonds. The van der Waals surface area contributed by atoms with Gasteiger partial charge in [-0.25, -0.2) is 4.39 Å². The molecule has 0 spiro atoms. The number of nitrogens with one attached hydrogen (secondary N) is 1. The van der Waals surface area contributed by atoms with Crippen LogP contribution in [0.4, 0.5) is 4.39 Å². The standard InChI is InChI=1S/C13H16FIN2S2/c1-3-19-5-4-8(2)17-12-6-9(14)10(15)7-11(12)16-13(17)18/h6-8H,3-5H2,1-2H3,(H,16,18). The lowest BCUT2D eigenvalue weighted by molar-refractivity contribution is 0.541. The molecule has 6 heteroatoms. The molecule has 0 aliphatic heterocycles. The van der Waals surface area contributed by atoms with Gasteiger partial charge >= 0.3 is 0 Å². The number of hydrogen-bond donors (Lipinski definition) is 1. The van der Waals surface area contributed by atoms with E-state index in [1.165, 1.54) is 0 Å². The van der Waals surface area contributed by atoms with Gasteiger partial charge in [0.1, 0.15) is 5.82 Å². The van der Waals surface area contributed by atoms with Gasteiger partial charge in [0.2, 0.25) is 0 Å². The van der Waals surface area contributed by atoms with Gasteiger partial charge in [-0.1, -0.05) is 6.92 Å². The van der Waals surface area contributed by atoms with E-state index < -0.39 is 0 Å². The van der Waals surface area contributed by atoms with Crippen LogP contribution in [0.3, 0.4) is 0 Å². The SMILES string of the molecule is CCSCCC(C)n1c(=S)[nH]c2cc(I)c(F)cc21. The van der Waals surface area contributed by atoms with Crippen molar-refractivity contribution in [3.63, 3.8) is 0 Å². The first-order chi connectivity index (χ1) is 9.04. The summed E-state index contributed by atoms with van der Waals surface area (Å²) in [6.07, 6.45) is 1.04. The molecule has 0 bridgehead atoms. The van der Waals surface area contributed by atoms with Gasteiger partial charge in [0.15, 0.2) is 4.77 Å². The average Bonchev–Trinajstić information content (AvgIpc) is 2.65. The van der Waals surface area contributed by atoms with Gasteiger partial charge in [-0.15, -0.1) is 0 Å². The first kappa shape index (κ1) is 15.3. The van der Waals surface area contributed by atoms with Crippen LogP contribution in [0.5, 0.6) is 0 Å². The Hall–Kier alpha value is -0.0800. The van der Waals surface area contributed by atoms with Gasteiger partial charge in [0.25, 0.3) is 0 Å². The molecule has 1 aromatic carbocycles. The van der Waals surface area contributed by atoms with E-state index in [9.17, 15) is 4.39 Å². The van der Waals surface area contributed by atoms with Gasteiger partial charge in [0, 0.05) is 12.1 Å². The lowest BCUT2D eigenvalue weighted by Crippen LogP contribution is -2.06. The highest BCUT2D eigenvalue weighted by Gasteiger charge is 2.13. The molecule has 2 aromatic rings. The van der Waals surface area contributed by atoms with Crippen molar-refractivity contribution in [3.05, 3.63) is 26.3 Å². The quantitative estimate of drug-likeness (QED) is 0.418. The Kier molecular flexibility index (Phi) is 5.30. The van der Waals surface area contributed by atoms with Crippen LogP contribution in [0.15, 0.2) is 12.1 Å². The highest BCUT2D eigenvalue weighted by atomic mass is 127. The van der Waals surface area contributed by atoms with Crippen LogP contribution in [-0.4, -0.2) is 21.1 Å². The van der Waals surface area contributed by atoms with E-state index >= 15 is 0 Å². The Morgan fingerprint density at radius 1 is 1.53 bits per heavy atom. The zero-order valence-electron chi connectivity index (χ0n) is 10.9. The van der Waals surface area contributed by atoms with Crippen molar-refractivity contribution in [3.8, 4) is 0 Å². The van der Waals surface area contributed by atoms with Crippen molar-refractivity contribution >= 4 is 57.6 Å². The summed E-state index contributed by atoms with van der Waals surface area (Å²) >= 11 is 9.28. The molecule has 1 aromatic heterocycles. The minimum absolute atomic E-state index is 0.189. The molecule has 2 rings (SSSR count). The summed E-state index contributed by atoms with van der Waals surface area (Å²) in [6.45, 7) is 4.29. The maximum absolute atomic E-state index is 13.7. The van der Waals surface area contributed by atoms with E-state index in [0.717, 1.165) is 29.0 Å². The summed E-state index contributed by atoms with van der Waals surface area (Å²) in [7, 11) is 0. The molecule has 0 saturated heterocycles. The van der Waals surface area contributed by atoms with Gasteiger partial charge in [-0.2, -0.15) is 11.8 Å². The van der Waals surface area contributed by atoms with E-state index in [0.29, 0.717) is 8.34 Å². The molecular formula is C13H16FIN2S2. The number of halogens is 2. The van der Waals surface area contributed by atoms with E-state index in [1.807, 2.05) is 45.0 Å². The number of aromatic nitrogens is 2. The smallest absolute Gasteiger partial charge is 0.178 e. The Morgan fingerprint density at radius 3 is 2.95 bits per heavy atom. The summed E-state index contributed by atoms with van der Waals surface area (Å²) in [5.41, 5.74) is 1.77. The third-order valence-corrected chi connectivity index (χ3v) is 5.14. The van der Waals surface area contributed by atoms with Crippen molar-refractivity contribution in [2.24, 2.45) is 0 Å². The molecular weight excluding hydrogens is 394 g/mol. The molecule has 0 aliphatic carbocycles. The van der Waals surface area contributed by atoms with Crippen LogP contribution < -0.4 is 0 Å². The molecule has 0 saturated carbocycles. The minimum atomic E-state index is -0.189. The summed E-state index contributed by atoms with van der Waals surface area (Å²) in [6, 6.07) is 3.66. The summed E-state index contributed by atoms with van der Waals surface area (Å²) in [4.78, 5) is 3.17. The van der Waals surface area contributed by atoms with Crippen LogP contribution in [0.25, 0.3) is 11.0 Å². The van der Waals surface area contributed by atoms with E-state index in [-0.39, 0.29) is 11.9 Å². The molecule has 0 radical (unpaired) electrons. The van der Waals surface area contributed by atoms with Crippen molar-refractivity contribution in [2.75, 3.05) is 11.5 Å². The third kappa shape index (κ3) is 3.33. The van der Waals surface area contributed by atoms with E-state index in [1.54, 1.807) is 6.07 Å². The predicted molar refractivity (Wildman–Crippen MR) is 92.1 cm³/mol. The van der Waals surface area contributed by atoms with E-state index in [2.05, 4.69) is 18.8 Å². The summed E-state index contributed by atoms with van der Waals surface area (Å²) in [5.74, 6) is 2.03. The second kappa shape index (κ2) is 6.58. The first-order valence-electron chi connectivity index (χ1n) is 6.21. The number of imidazole rings is 1. The molecule has 1 heterocycles. The number of rotatable bonds is 5. The largest absolute Gasteiger partial charge is 0.331 e. The zero-order valence-corrected chi connectivity index (χ0v) is 14.7. The number of fused-ring (bicyclic) bond motifs is 1. The number of benzene rings is 1. The molecule has 0 fully saturated rings. The van der Waals surface area contributed by atoms with E-state index in [4.69, 9.17) is 12.2 Å². The molecule has 19 heavy (non-hydrogen) atoms.